The molecule has 4 heteroatoms. The summed E-state index contributed by atoms with van der Waals surface area (Å²) in [6.07, 6.45) is 0. The van der Waals surface area contributed by atoms with Crippen LogP contribution in [0.3, 0.4) is 0 Å². The van der Waals surface area contributed by atoms with Crippen LogP contribution in [0.15, 0.2) is 77.6 Å². The quantitative estimate of drug-likeness (QED) is 0.588. The fourth-order valence-electron chi connectivity index (χ4n) is 2.80. The van der Waals surface area contributed by atoms with Gasteiger partial charge in [0, 0.05) is 5.56 Å². The molecule has 0 saturated carbocycles. The molecule has 0 saturated heterocycles. The molecule has 0 aliphatic heterocycles. The first-order chi connectivity index (χ1) is 11.7. The number of phenolic OH excluding ortho intramolecular Hbond substituents is 1. The minimum Gasteiger partial charge on any atom is -0.507 e. The Morgan fingerprint density at radius 3 is 2.33 bits per heavy atom. The van der Waals surface area contributed by atoms with Gasteiger partial charge >= 0.3 is 0 Å². The molecule has 0 amide bonds. The number of H-pyrrole nitrogens is 1. The lowest BCUT2D eigenvalue weighted by Crippen LogP contribution is -2.09. The van der Waals surface area contributed by atoms with E-state index >= 15 is 0 Å². The van der Waals surface area contributed by atoms with Gasteiger partial charge in [-0.3, -0.25) is 4.79 Å². The van der Waals surface area contributed by atoms with Crippen LogP contribution in [0.1, 0.15) is 0 Å². The first-order valence-corrected chi connectivity index (χ1v) is 7.61. The zero-order valence-corrected chi connectivity index (χ0v) is 12.7. The highest BCUT2D eigenvalue weighted by atomic mass is 16.3. The van der Waals surface area contributed by atoms with Gasteiger partial charge in [-0.25, -0.2) is 4.98 Å². The van der Waals surface area contributed by atoms with Crippen molar-refractivity contribution in [1.29, 1.82) is 0 Å². The van der Waals surface area contributed by atoms with Gasteiger partial charge in [0.1, 0.15) is 11.6 Å². The topological polar surface area (TPSA) is 66.0 Å². The Balaban J connectivity index is 1.93. The van der Waals surface area contributed by atoms with Crippen molar-refractivity contribution in [3.05, 3.63) is 83.2 Å². The van der Waals surface area contributed by atoms with E-state index in [0.717, 1.165) is 5.56 Å². The molecule has 0 spiro atoms. The summed E-state index contributed by atoms with van der Waals surface area (Å²) in [6.45, 7) is 0. The molecule has 2 N–H and O–H groups in total. The summed E-state index contributed by atoms with van der Waals surface area (Å²) in [6, 6.07) is 22.2. The van der Waals surface area contributed by atoms with Crippen LogP contribution < -0.4 is 5.56 Å². The molecule has 0 unspecified atom stereocenters. The van der Waals surface area contributed by atoms with Crippen molar-refractivity contribution in [2.24, 2.45) is 0 Å². The highest BCUT2D eigenvalue weighted by Crippen LogP contribution is 2.36. The van der Waals surface area contributed by atoms with Crippen LogP contribution in [0, 0.1) is 0 Å². The number of hydrogen-bond acceptors (Lipinski definition) is 3. The second-order valence-electron chi connectivity index (χ2n) is 5.50. The molecular weight excluding hydrogens is 300 g/mol. The minimum atomic E-state index is -0.222. The lowest BCUT2D eigenvalue weighted by Gasteiger charge is -2.10. The molecule has 1 heterocycles. The van der Waals surface area contributed by atoms with Crippen molar-refractivity contribution < 1.29 is 5.11 Å². The Kier molecular flexibility index (Phi) is 3.35. The predicted octanol–water partition coefficient (Wildman–Crippen LogP) is 3.96. The normalized spacial score (nSPS) is 10.8. The molecule has 0 aliphatic rings. The monoisotopic (exact) mass is 314 g/mol. The maximum absolute atomic E-state index is 12.3. The fourth-order valence-corrected chi connectivity index (χ4v) is 2.80. The number of benzene rings is 3. The Morgan fingerprint density at radius 2 is 1.50 bits per heavy atom. The molecule has 1 aromatic heterocycles. The smallest absolute Gasteiger partial charge is 0.259 e. The van der Waals surface area contributed by atoms with E-state index in [-0.39, 0.29) is 11.3 Å². The molecule has 0 radical (unpaired) electrons. The molecule has 3 aromatic carbocycles. The first kappa shape index (κ1) is 14.2. The Morgan fingerprint density at radius 1 is 0.792 bits per heavy atom. The first-order valence-electron chi connectivity index (χ1n) is 7.61. The number of phenols is 1. The fraction of sp³-hybridized carbons (Fsp3) is 0. The van der Waals surface area contributed by atoms with E-state index in [0.29, 0.717) is 27.9 Å². The number of aromatic hydroxyl groups is 1. The molecule has 4 aromatic rings. The molecular formula is C20H14N2O2. The van der Waals surface area contributed by atoms with E-state index in [1.54, 1.807) is 24.3 Å². The summed E-state index contributed by atoms with van der Waals surface area (Å²) in [5.41, 5.74) is 2.48. The van der Waals surface area contributed by atoms with Crippen LogP contribution in [0.5, 0.6) is 5.75 Å². The predicted molar refractivity (Wildman–Crippen MR) is 94.9 cm³/mol. The molecule has 0 atom stereocenters. The maximum Gasteiger partial charge on any atom is 0.259 e. The number of hydrogen-bond donors (Lipinski definition) is 2. The van der Waals surface area contributed by atoms with Gasteiger partial charge in [-0.2, -0.15) is 0 Å². The third-order valence-corrected chi connectivity index (χ3v) is 3.99. The van der Waals surface area contributed by atoms with Crippen molar-refractivity contribution >= 4 is 10.9 Å². The van der Waals surface area contributed by atoms with Crippen LogP contribution in [0.2, 0.25) is 0 Å². The van der Waals surface area contributed by atoms with E-state index in [1.807, 2.05) is 48.5 Å². The van der Waals surface area contributed by atoms with Crippen LogP contribution in [-0.4, -0.2) is 15.1 Å². The maximum atomic E-state index is 12.3. The second-order valence-corrected chi connectivity index (χ2v) is 5.50. The Bertz CT molecular complexity index is 1090. The summed E-state index contributed by atoms with van der Waals surface area (Å²) in [4.78, 5) is 19.5. The van der Waals surface area contributed by atoms with Gasteiger partial charge in [-0.15, -0.1) is 0 Å². The van der Waals surface area contributed by atoms with E-state index in [2.05, 4.69) is 9.97 Å². The van der Waals surface area contributed by atoms with Gasteiger partial charge in [0.2, 0.25) is 0 Å². The summed E-state index contributed by atoms with van der Waals surface area (Å²) in [5, 5.41) is 11.2. The average molecular weight is 314 g/mol. The summed E-state index contributed by atoms with van der Waals surface area (Å²) in [7, 11) is 0. The van der Waals surface area contributed by atoms with Crippen molar-refractivity contribution in [3.8, 4) is 28.3 Å². The molecule has 4 nitrogen and oxygen atoms in total. The summed E-state index contributed by atoms with van der Waals surface area (Å²) < 4.78 is 0. The SMILES string of the molecule is O=c1[nH]c(-c2cccc(-c3ccccc3)c2O)nc2ccccc12. The van der Waals surface area contributed by atoms with Crippen molar-refractivity contribution in [2.75, 3.05) is 0 Å². The number of aromatic nitrogens is 2. The number of para-hydroxylation sites is 2. The number of aromatic amines is 1. The lowest BCUT2D eigenvalue weighted by molar-refractivity contribution is 0.479. The van der Waals surface area contributed by atoms with Gasteiger partial charge < -0.3 is 10.1 Å². The number of nitrogens with zero attached hydrogens (tertiary/aromatic N) is 1. The van der Waals surface area contributed by atoms with E-state index in [4.69, 9.17) is 0 Å². The van der Waals surface area contributed by atoms with Crippen molar-refractivity contribution in [3.63, 3.8) is 0 Å². The third-order valence-electron chi connectivity index (χ3n) is 3.99. The lowest BCUT2D eigenvalue weighted by atomic mass is 10.0. The minimum absolute atomic E-state index is 0.0992. The molecule has 24 heavy (non-hydrogen) atoms. The van der Waals surface area contributed by atoms with Gasteiger partial charge in [0.15, 0.2) is 0 Å². The van der Waals surface area contributed by atoms with Gasteiger partial charge in [0.25, 0.3) is 5.56 Å². The highest BCUT2D eigenvalue weighted by Gasteiger charge is 2.13. The largest absolute Gasteiger partial charge is 0.507 e. The molecule has 4 rings (SSSR count). The van der Waals surface area contributed by atoms with Crippen LogP contribution in [0.25, 0.3) is 33.4 Å². The van der Waals surface area contributed by atoms with Gasteiger partial charge in [-0.1, -0.05) is 54.6 Å². The van der Waals surface area contributed by atoms with E-state index in [9.17, 15) is 9.90 Å². The van der Waals surface area contributed by atoms with Crippen molar-refractivity contribution in [1.82, 2.24) is 9.97 Å². The molecule has 0 fully saturated rings. The highest BCUT2D eigenvalue weighted by molar-refractivity contribution is 5.83. The zero-order chi connectivity index (χ0) is 16.5. The van der Waals surface area contributed by atoms with Gasteiger partial charge in [-0.05, 0) is 23.8 Å². The van der Waals surface area contributed by atoms with Gasteiger partial charge in [0.05, 0.1) is 16.5 Å². The van der Waals surface area contributed by atoms with Crippen LogP contribution in [0.4, 0.5) is 0 Å². The number of fused-ring (bicyclic) bond motifs is 1. The van der Waals surface area contributed by atoms with Crippen molar-refractivity contribution in [2.45, 2.75) is 0 Å². The van der Waals surface area contributed by atoms with E-state index in [1.165, 1.54) is 0 Å². The molecule has 0 bridgehead atoms. The van der Waals surface area contributed by atoms with Crippen LogP contribution >= 0.6 is 0 Å². The number of rotatable bonds is 2. The molecule has 116 valence electrons. The number of nitrogens with one attached hydrogen (secondary N) is 1. The summed E-state index contributed by atoms with van der Waals surface area (Å²) >= 11 is 0. The Labute approximate surface area is 138 Å². The Hall–Kier alpha value is -3.40. The average Bonchev–Trinajstić information content (AvgIpc) is 2.62. The standard InChI is InChI=1S/C20H14N2O2/c23-18-14(13-7-2-1-3-8-13)10-6-11-16(18)19-21-17-12-5-4-9-15(17)20(24)22-19/h1-12,23H,(H,21,22,24). The third kappa shape index (κ3) is 2.34. The molecule has 0 aliphatic carbocycles. The zero-order valence-electron chi connectivity index (χ0n) is 12.7. The van der Waals surface area contributed by atoms with Crippen LogP contribution in [-0.2, 0) is 0 Å². The summed E-state index contributed by atoms with van der Waals surface area (Å²) in [5.74, 6) is 0.455. The second kappa shape index (κ2) is 5.66. The van der Waals surface area contributed by atoms with E-state index < -0.39 is 0 Å².